The number of aromatic nitrogens is 3. The van der Waals surface area contributed by atoms with E-state index >= 15 is 0 Å². The Morgan fingerprint density at radius 3 is 2.65 bits per heavy atom. The van der Waals surface area contributed by atoms with Gasteiger partial charge in [-0.15, -0.1) is 0 Å². The average molecular weight is 310 g/mol. The van der Waals surface area contributed by atoms with E-state index in [9.17, 15) is 9.90 Å². The van der Waals surface area contributed by atoms with E-state index in [1.807, 2.05) is 39.7 Å². The van der Waals surface area contributed by atoms with Gasteiger partial charge in [0.1, 0.15) is 5.75 Å². The summed E-state index contributed by atoms with van der Waals surface area (Å²) in [7, 11) is 0. The predicted octanol–water partition coefficient (Wildman–Crippen LogP) is 1.51. The summed E-state index contributed by atoms with van der Waals surface area (Å²) in [6.45, 7) is 1.11. The number of nitrogens with zero attached hydrogens (tertiary/aromatic N) is 3. The van der Waals surface area contributed by atoms with Crippen LogP contribution in [0.3, 0.4) is 0 Å². The van der Waals surface area contributed by atoms with Gasteiger partial charge in [-0.2, -0.15) is 0 Å². The summed E-state index contributed by atoms with van der Waals surface area (Å²) in [5.41, 5.74) is 7.94. The predicted molar refractivity (Wildman–Crippen MR) is 85.9 cm³/mol. The number of phenolic OH excluding ortho intramolecular Hbond substituents is 1. The highest BCUT2D eigenvalue weighted by molar-refractivity contribution is 5.76. The van der Waals surface area contributed by atoms with Crippen LogP contribution in [0.2, 0.25) is 0 Å². The molecule has 0 saturated heterocycles. The number of phenols is 1. The third-order valence-corrected chi connectivity index (χ3v) is 3.64. The van der Waals surface area contributed by atoms with Crippen molar-refractivity contribution in [3.8, 4) is 5.75 Å². The number of primary amides is 1. The number of carbonyl (C=O) groups is 1. The first kappa shape index (κ1) is 14.9. The van der Waals surface area contributed by atoms with Crippen molar-refractivity contribution in [2.24, 2.45) is 5.73 Å². The third kappa shape index (κ3) is 3.60. The smallest absolute Gasteiger partial charge is 0.223 e. The number of aromatic hydroxyl groups is 1. The first-order valence-electron chi connectivity index (χ1n) is 7.31. The maximum atomic E-state index is 11.4. The Morgan fingerprint density at radius 1 is 1.17 bits per heavy atom. The number of rotatable bonds is 6. The largest absolute Gasteiger partial charge is 0.508 e. The summed E-state index contributed by atoms with van der Waals surface area (Å²) < 4.78 is 3.89. The van der Waals surface area contributed by atoms with Crippen LogP contribution in [0.4, 0.5) is 0 Å². The minimum Gasteiger partial charge on any atom is -0.508 e. The first-order valence-corrected chi connectivity index (χ1v) is 7.31. The number of imidazole rings is 1. The van der Waals surface area contributed by atoms with Gasteiger partial charge in [-0.3, -0.25) is 4.79 Å². The van der Waals surface area contributed by atoms with E-state index in [1.165, 1.54) is 0 Å². The van der Waals surface area contributed by atoms with Crippen LogP contribution in [0, 0.1) is 0 Å². The zero-order valence-corrected chi connectivity index (χ0v) is 12.6. The zero-order valence-electron chi connectivity index (χ0n) is 12.6. The minimum absolute atomic E-state index is 0.134. The highest BCUT2D eigenvalue weighted by Crippen LogP contribution is 2.16. The highest BCUT2D eigenvalue weighted by Gasteiger charge is 2.14. The lowest BCUT2D eigenvalue weighted by molar-refractivity contribution is -0.117. The maximum Gasteiger partial charge on any atom is 0.223 e. The molecule has 6 heteroatoms. The lowest BCUT2D eigenvalue weighted by Crippen LogP contribution is -2.18. The summed E-state index contributed by atoms with van der Waals surface area (Å²) >= 11 is 0. The van der Waals surface area contributed by atoms with Crippen molar-refractivity contribution in [2.75, 3.05) is 0 Å². The van der Waals surface area contributed by atoms with Gasteiger partial charge >= 0.3 is 0 Å². The molecule has 0 atom stereocenters. The Hall–Kier alpha value is -3.02. The van der Waals surface area contributed by atoms with Crippen LogP contribution >= 0.6 is 0 Å². The molecule has 0 aliphatic rings. The summed E-state index contributed by atoms with van der Waals surface area (Å²) in [6, 6.07) is 10.9. The van der Waals surface area contributed by atoms with Gasteiger partial charge in [0, 0.05) is 18.9 Å². The van der Waals surface area contributed by atoms with Crippen molar-refractivity contribution in [2.45, 2.75) is 19.5 Å². The normalized spacial score (nSPS) is 10.8. The molecule has 3 rings (SSSR count). The van der Waals surface area contributed by atoms with Crippen molar-refractivity contribution in [1.82, 2.24) is 14.1 Å². The molecule has 1 amide bonds. The highest BCUT2D eigenvalue weighted by atomic mass is 16.3. The molecule has 0 radical (unpaired) electrons. The third-order valence-electron chi connectivity index (χ3n) is 3.64. The molecule has 0 saturated carbocycles. The Labute approximate surface area is 133 Å². The maximum absolute atomic E-state index is 11.4. The zero-order chi connectivity index (χ0) is 16.2. The molecule has 0 spiro atoms. The molecular weight excluding hydrogens is 292 g/mol. The number of hydrogen-bond acceptors (Lipinski definition) is 3. The molecule has 6 nitrogen and oxygen atoms in total. The standard InChI is InChI=1S/C17H18N4O2/c18-17(23)9-16-15(11-20-6-1-2-7-20)19-12-21(16)10-13-4-3-5-14(22)8-13/h1-8,12,22H,9-11H2,(H2,18,23). The second kappa shape index (κ2) is 6.39. The molecule has 3 aromatic rings. The molecule has 0 aliphatic heterocycles. The van der Waals surface area contributed by atoms with Crippen molar-refractivity contribution in [1.29, 1.82) is 0 Å². The number of amides is 1. The molecule has 0 bridgehead atoms. The van der Waals surface area contributed by atoms with Crippen LogP contribution < -0.4 is 5.73 Å². The topological polar surface area (TPSA) is 86.1 Å². The number of nitrogens with two attached hydrogens (primary N) is 1. The van der Waals surface area contributed by atoms with Gasteiger partial charge in [0.05, 0.1) is 30.7 Å². The van der Waals surface area contributed by atoms with Gasteiger partial charge in [-0.25, -0.2) is 4.98 Å². The lowest BCUT2D eigenvalue weighted by Gasteiger charge is -2.10. The molecule has 0 fully saturated rings. The van der Waals surface area contributed by atoms with E-state index in [0.29, 0.717) is 13.1 Å². The second-order valence-corrected chi connectivity index (χ2v) is 5.43. The van der Waals surface area contributed by atoms with Crippen LogP contribution in [0.5, 0.6) is 5.75 Å². The average Bonchev–Trinajstić information content (AvgIpc) is 3.12. The van der Waals surface area contributed by atoms with Gasteiger partial charge in [0.15, 0.2) is 0 Å². The summed E-state index contributed by atoms with van der Waals surface area (Å²) in [6.07, 6.45) is 5.74. The number of benzene rings is 1. The summed E-state index contributed by atoms with van der Waals surface area (Å²) in [5, 5.41) is 9.58. The first-order chi connectivity index (χ1) is 11.1. The van der Waals surface area contributed by atoms with E-state index in [0.717, 1.165) is 17.0 Å². The SMILES string of the molecule is NC(=O)Cc1c(Cn2cccc2)ncn1Cc1cccc(O)c1. The molecule has 1 aromatic carbocycles. The van der Waals surface area contributed by atoms with Crippen LogP contribution in [0.1, 0.15) is 17.0 Å². The van der Waals surface area contributed by atoms with Crippen LogP contribution in [-0.2, 0) is 24.3 Å². The van der Waals surface area contributed by atoms with Crippen LogP contribution in [0.25, 0.3) is 0 Å². The Kier molecular flexibility index (Phi) is 4.14. The van der Waals surface area contributed by atoms with Gasteiger partial charge < -0.3 is 20.0 Å². The number of hydrogen-bond donors (Lipinski definition) is 2. The molecule has 0 unspecified atom stereocenters. The van der Waals surface area contributed by atoms with Crippen molar-refractivity contribution in [3.05, 3.63) is 72.1 Å². The van der Waals surface area contributed by atoms with E-state index in [4.69, 9.17) is 5.73 Å². The second-order valence-electron chi connectivity index (χ2n) is 5.43. The molecular formula is C17H18N4O2. The lowest BCUT2D eigenvalue weighted by atomic mass is 10.2. The molecule has 23 heavy (non-hydrogen) atoms. The van der Waals surface area contributed by atoms with E-state index in [-0.39, 0.29) is 12.2 Å². The van der Waals surface area contributed by atoms with E-state index in [1.54, 1.807) is 24.5 Å². The molecule has 118 valence electrons. The van der Waals surface area contributed by atoms with Gasteiger partial charge in [0.25, 0.3) is 0 Å². The van der Waals surface area contributed by atoms with Crippen molar-refractivity contribution >= 4 is 5.91 Å². The number of carbonyl (C=O) groups excluding carboxylic acids is 1. The van der Waals surface area contributed by atoms with Crippen molar-refractivity contribution < 1.29 is 9.90 Å². The summed E-state index contributed by atoms with van der Waals surface area (Å²) in [4.78, 5) is 15.8. The minimum atomic E-state index is -0.392. The van der Waals surface area contributed by atoms with Crippen molar-refractivity contribution in [3.63, 3.8) is 0 Å². The van der Waals surface area contributed by atoms with E-state index < -0.39 is 5.91 Å². The Balaban J connectivity index is 1.89. The van der Waals surface area contributed by atoms with E-state index in [2.05, 4.69) is 4.98 Å². The monoisotopic (exact) mass is 310 g/mol. The Bertz CT molecular complexity index is 806. The fraction of sp³-hybridized carbons (Fsp3) is 0.176. The molecule has 2 heterocycles. The summed E-state index contributed by atoms with van der Waals surface area (Å²) in [5.74, 6) is -0.178. The van der Waals surface area contributed by atoms with Gasteiger partial charge in [-0.1, -0.05) is 12.1 Å². The fourth-order valence-corrected chi connectivity index (χ4v) is 2.59. The molecule has 3 N–H and O–H groups in total. The van der Waals surface area contributed by atoms with Gasteiger partial charge in [-0.05, 0) is 29.8 Å². The Morgan fingerprint density at radius 2 is 1.96 bits per heavy atom. The van der Waals surface area contributed by atoms with Crippen LogP contribution in [0.15, 0.2) is 55.1 Å². The molecule has 0 aliphatic carbocycles. The fourth-order valence-electron chi connectivity index (χ4n) is 2.59. The van der Waals surface area contributed by atoms with Crippen LogP contribution in [-0.4, -0.2) is 25.1 Å². The quantitative estimate of drug-likeness (QED) is 0.723. The molecule has 2 aromatic heterocycles. The van der Waals surface area contributed by atoms with Gasteiger partial charge in [0.2, 0.25) is 5.91 Å².